The number of piperidine rings is 1. The van der Waals surface area contributed by atoms with Gasteiger partial charge in [0.25, 0.3) is 5.78 Å². The molecule has 1 fully saturated rings. The number of rotatable bonds is 4. The van der Waals surface area contributed by atoms with Crippen LogP contribution in [0.5, 0.6) is 0 Å². The van der Waals surface area contributed by atoms with Crippen LogP contribution in [-0.2, 0) is 11.2 Å². The number of carbonyl (C=O) groups excluding carboxylic acids is 2. The highest BCUT2D eigenvalue weighted by molar-refractivity contribution is 7.18. The van der Waals surface area contributed by atoms with Crippen molar-refractivity contribution in [1.29, 1.82) is 0 Å². The Kier molecular flexibility index (Phi) is 4.68. The number of fused-ring (bicyclic) bond motifs is 2. The standard InChI is InChI=1S/C23H23N3O2S/c1-2-15-7-8-19-17(13-15)21(27)23(28)26(19)14-25-11-9-16(10-12-25)22-24-18-5-3-4-6-20(18)29-22/h3-8,13,16H,2,9-12,14H2,1H3/p+1. The van der Waals surface area contributed by atoms with E-state index in [4.69, 9.17) is 4.98 Å². The molecule has 5 rings (SSSR count). The number of aromatic nitrogens is 1. The van der Waals surface area contributed by atoms with Crippen LogP contribution in [0.2, 0.25) is 0 Å². The van der Waals surface area contributed by atoms with Gasteiger partial charge in [-0.3, -0.25) is 14.5 Å². The predicted octanol–water partition coefficient (Wildman–Crippen LogP) is 2.81. The molecule has 1 saturated heterocycles. The zero-order chi connectivity index (χ0) is 20.0. The lowest BCUT2D eigenvalue weighted by atomic mass is 9.98. The number of para-hydroxylation sites is 1. The summed E-state index contributed by atoms with van der Waals surface area (Å²) in [6, 6.07) is 14.1. The van der Waals surface area contributed by atoms with Crippen LogP contribution < -0.4 is 9.80 Å². The first-order valence-electron chi connectivity index (χ1n) is 10.3. The highest BCUT2D eigenvalue weighted by atomic mass is 32.1. The SMILES string of the molecule is CCc1ccc2c(c1)C(=O)C(=O)N2C[NH+]1CCC(c2nc3ccccc3s2)CC1. The van der Waals surface area contributed by atoms with Crippen LogP contribution in [0.15, 0.2) is 42.5 Å². The number of nitrogens with one attached hydrogen (secondary N) is 1. The number of hydrogen-bond donors (Lipinski definition) is 1. The van der Waals surface area contributed by atoms with Crippen LogP contribution in [-0.4, -0.2) is 36.4 Å². The minimum atomic E-state index is -0.381. The van der Waals surface area contributed by atoms with E-state index in [0.29, 0.717) is 18.2 Å². The highest BCUT2D eigenvalue weighted by Crippen LogP contribution is 2.32. The molecule has 29 heavy (non-hydrogen) atoms. The zero-order valence-electron chi connectivity index (χ0n) is 16.5. The van der Waals surface area contributed by atoms with Gasteiger partial charge < -0.3 is 4.90 Å². The van der Waals surface area contributed by atoms with Gasteiger partial charge in [0.15, 0.2) is 6.67 Å². The maximum Gasteiger partial charge on any atom is 0.303 e. The molecular weight excluding hydrogens is 382 g/mol. The van der Waals surface area contributed by atoms with E-state index in [1.165, 1.54) is 14.6 Å². The number of ketones is 1. The summed E-state index contributed by atoms with van der Waals surface area (Å²) in [5.74, 6) is -0.250. The van der Waals surface area contributed by atoms with Crippen molar-refractivity contribution in [2.24, 2.45) is 0 Å². The molecular formula is C23H24N3O2S+. The number of Topliss-reactive ketones (excluding diaryl/α,β-unsaturated/α-hetero) is 1. The molecule has 0 saturated carbocycles. The molecule has 1 aromatic heterocycles. The van der Waals surface area contributed by atoms with Crippen LogP contribution in [0.4, 0.5) is 5.69 Å². The lowest BCUT2D eigenvalue weighted by molar-refractivity contribution is -0.904. The van der Waals surface area contributed by atoms with E-state index >= 15 is 0 Å². The summed E-state index contributed by atoms with van der Waals surface area (Å²) >= 11 is 1.80. The highest BCUT2D eigenvalue weighted by Gasteiger charge is 2.38. The average Bonchev–Trinajstić information content (AvgIpc) is 3.29. The monoisotopic (exact) mass is 406 g/mol. The van der Waals surface area contributed by atoms with Crippen molar-refractivity contribution in [3.05, 3.63) is 58.6 Å². The Bertz CT molecular complexity index is 1070. The van der Waals surface area contributed by atoms with Crippen molar-refractivity contribution >= 4 is 38.9 Å². The van der Waals surface area contributed by atoms with Crippen molar-refractivity contribution in [2.45, 2.75) is 32.1 Å². The third-order valence-electron chi connectivity index (χ3n) is 6.18. The van der Waals surface area contributed by atoms with Gasteiger partial charge in [0.1, 0.15) is 0 Å². The summed E-state index contributed by atoms with van der Waals surface area (Å²) in [5, 5.41) is 1.23. The molecule has 0 radical (unpaired) electrons. The minimum absolute atomic E-state index is 0.362. The molecule has 2 aliphatic rings. The van der Waals surface area contributed by atoms with Gasteiger partial charge >= 0.3 is 5.91 Å². The fraction of sp³-hybridized carbons (Fsp3) is 0.348. The van der Waals surface area contributed by atoms with Crippen LogP contribution >= 0.6 is 11.3 Å². The number of amides is 1. The number of nitrogens with zero attached hydrogens (tertiary/aromatic N) is 2. The maximum absolute atomic E-state index is 12.6. The number of aryl methyl sites for hydroxylation is 1. The van der Waals surface area contributed by atoms with Gasteiger partial charge in [-0.2, -0.15) is 0 Å². The summed E-state index contributed by atoms with van der Waals surface area (Å²) in [6.45, 7) is 4.60. The van der Waals surface area contributed by atoms with E-state index in [1.54, 1.807) is 16.2 Å². The number of benzene rings is 2. The van der Waals surface area contributed by atoms with E-state index in [0.717, 1.165) is 49.1 Å². The van der Waals surface area contributed by atoms with E-state index in [9.17, 15) is 9.59 Å². The molecule has 2 aliphatic heterocycles. The Balaban J connectivity index is 1.27. The molecule has 1 N–H and O–H groups in total. The van der Waals surface area contributed by atoms with Crippen LogP contribution in [0.1, 0.15) is 46.6 Å². The van der Waals surface area contributed by atoms with E-state index in [2.05, 4.69) is 25.1 Å². The lowest BCUT2D eigenvalue weighted by Gasteiger charge is -2.31. The lowest BCUT2D eigenvalue weighted by Crippen LogP contribution is -3.14. The molecule has 0 aliphatic carbocycles. The second-order valence-corrected chi connectivity index (χ2v) is 9.03. The second kappa shape index (κ2) is 7.35. The Morgan fingerprint density at radius 1 is 1.14 bits per heavy atom. The number of thiazole rings is 1. The molecule has 0 spiro atoms. The van der Waals surface area contributed by atoms with Crippen molar-refractivity contribution in [1.82, 2.24) is 4.98 Å². The van der Waals surface area contributed by atoms with Crippen molar-refractivity contribution in [2.75, 3.05) is 24.7 Å². The van der Waals surface area contributed by atoms with E-state index in [-0.39, 0.29) is 11.7 Å². The third kappa shape index (κ3) is 3.26. The first-order chi connectivity index (χ1) is 14.1. The molecule has 3 heterocycles. The largest absolute Gasteiger partial charge is 0.317 e. The van der Waals surface area contributed by atoms with E-state index in [1.807, 2.05) is 24.3 Å². The predicted molar refractivity (Wildman–Crippen MR) is 115 cm³/mol. The molecule has 1 amide bonds. The molecule has 0 unspecified atom stereocenters. The molecule has 5 nitrogen and oxygen atoms in total. The van der Waals surface area contributed by atoms with Crippen molar-refractivity contribution < 1.29 is 14.5 Å². The number of anilines is 1. The summed E-state index contributed by atoms with van der Waals surface area (Å²) in [5.41, 5.74) is 3.53. The quantitative estimate of drug-likeness (QED) is 0.678. The Morgan fingerprint density at radius 2 is 1.93 bits per heavy atom. The van der Waals surface area contributed by atoms with Gasteiger partial charge in [-0.15, -0.1) is 11.3 Å². The number of hydrogen-bond acceptors (Lipinski definition) is 4. The fourth-order valence-corrected chi connectivity index (χ4v) is 5.58. The number of carbonyl (C=O) groups is 2. The van der Waals surface area contributed by atoms with Crippen LogP contribution in [0.25, 0.3) is 10.2 Å². The first kappa shape index (κ1) is 18.5. The Labute approximate surface area is 174 Å². The Hall–Kier alpha value is -2.57. The summed E-state index contributed by atoms with van der Waals surface area (Å²) in [4.78, 5) is 32.9. The molecule has 6 heteroatoms. The van der Waals surface area contributed by atoms with Gasteiger partial charge in [0.2, 0.25) is 0 Å². The van der Waals surface area contributed by atoms with Gasteiger partial charge in [-0.05, 0) is 36.2 Å². The number of likely N-dealkylation sites (tertiary alicyclic amines) is 1. The maximum atomic E-state index is 12.6. The first-order valence-corrected chi connectivity index (χ1v) is 11.1. The molecule has 148 valence electrons. The van der Waals surface area contributed by atoms with E-state index < -0.39 is 0 Å². The third-order valence-corrected chi connectivity index (χ3v) is 7.38. The van der Waals surface area contributed by atoms with Crippen molar-refractivity contribution in [3.8, 4) is 0 Å². The van der Waals surface area contributed by atoms with Gasteiger partial charge in [-0.25, -0.2) is 4.98 Å². The van der Waals surface area contributed by atoms with Crippen molar-refractivity contribution in [3.63, 3.8) is 0 Å². The summed E-state index contributed by atoms with van der Waals surface area (Å²) in [7, 11) is 0. The smallest absolute Gasteiger partial charge is 0.303 e. The topological polar surface area (TPSA) is 54.7 Å². The molecule has 0 atom stereocenters. The van der Waals surface area contributed by atoms with Gasteiger partial charge in [0.05, 0.1) is 39.6 Å². The van der Waals surface area contributed by atoms with Gasteiger partial charge in [0, 0.05) is 18.8 Å². The van der Waals surface area contributed by atoms with Crippen LogP contribution in [0.3, 0.4) is 0 Å². The summed E-state index contributed by atoms with van der Waals surface area (Å²) < 4.78 is 1.25. The molecule has 0 bridgehead atoms. The molecule has 2 aromatic carbocycles. The van der Waals surface area contributed by atoms with Crippen LogP contribution in [0, 0.1) is 0 Å². The Morgan fingerprint density at radius 3 is 2.69 bits per heavy atom. The van der Waals surface area contributed by atoms with Gasteiger partial charge in [-0.1, -0.05) is 25.1 Å². The fourth-order valence-electron chi connectivity index (χ4n) is 4.44. The normalized spacial score (nSPS) is 21.8. The average molecular weight is 407 g/mol. The summed E-state index contributed by atoms with van der Waals surface area (Å²) in [6.07, 6.45) is 2.98. The molecule has 3 aromatic rings. The zero-order valence-corrected chi connectivity index (χ0v) is 17.3. The number of quaternary nitrogens is 1. The minimum Gasteiger partial charge on any atom is -0.317 e. The second-order valence-electron chi connectivity index (χ2n) is 7.97.